The first-order valence-corrected chi connectivity index (χ1v) is 12.4. The fourth-order valence-electron chi connectivity index (χ4n) is 4.65. The molecule has 4 nitrogen and oxygen atoms in total. The SMILES string of the molecule is COc1ccc2c(Oc3ccc(OCCN4CCCCC4)cc3)c(-c3cc(F)c(F)c(F)c3)ccc2c1. The summed E-state index contributed by atoms with van der Waals surface area (Å²) in [6.45, 7) is 3.75. The Labute approximate surface area is 214 Å². The van der Waals surface area contributed by atoms with Crippen molar-refractivity contribution >= 4 is 10.8 Å². The van der Waals surface area contributed by atoms with E-state index in [4.69, 9.17) is 14.2 Å². The maximum atomic E-state index is 14.1. The van der Waals surface area contributed by atoms with Crippen LogP contribution in [0.1, 0.15) is 19.3 Å². The van der Waals surface area contributed by atoms with Crippen LogP contribution in [0.4, 0.5) is 13.2 Å². The lowest BCUT2D eigenvalue weighted by Gasteiger charge is -2.26. The normalized spacial score (nSPS) is 14.1. The van der Waals surface area contributed by atoms with Crippen molar-refractivity contribution in [2.75, 3.05) is 33.4 Å². The van der Waals surface area contributed by atoms with E-state index in [1.165, 1.54) is 19.3 Å². The summed E-state index contributed by atoms with van der Waals surface area (Å²) in [5.74, 6) is -1.72. The summed E-state index contributed by atoms with van der Waals surface area (Å²) in [5.41, 5.74) is 0.596. The van der Waals surface area contributed by atoms with E-state index in [1.807, 2.05) is 24.3 Å². The van der Waals surface area contributed by atoms with Crippen LogP contribution in [0.3, 0.4) is 0 Å². The smallest absolute Gasteiger partial charge is 0.194 e. The molecule has 0 bridgehead atoms. The van der Waals surface area contributed by atoms with Crippen LogP contribution in [0.2, 0.25) is 0 Å². The molecule has 0 radical (unpaired) electrons. The predicted octanol–water partition coefficient (Wildman–Crippen LogP) is 7.59. The van der Waals surface area contributed by atoms with Gasteiger partial charge in [-0.05, 0) is 97.5 Å². The maximum absolute atomic E-state index is 14.1. The summed E-state index contributed by atoms with van der Waals surface area (Å²) >= 11 is 0. The van der Waals surface area contributed by atoms with Crippen LogP contribution in [0, 0.1) is 17.5 Å². The van der Waals surface area contributed by atoms with Crippen molar-refractivity contribution in [3.63, 3.8) is 0 Å². The van der Waals surface area contributed by atoms with Crippen molar-refractivity contribution in [1.82, 2.24) is 4.90 Å². The molecule has 0 N–H and O–H groups in total. The van der Waals surface area contributed by atoms with E-state index < -0.39 is 17.5 Å². The van der Waals surface area contributed by atoms with Crippen molar-refractivity contribution in [2.24, 2.45) is 0 Å². The van der Waals surface area contributed by atoms with Crippen LogP contribution < -0.4 is 14.2 Å². The van der Waals surface area contributed by atoms with Gasteiger partial charge >= 0.3 is 0 Å². The van der Waals surface area contributed by atoms with Gasteiger partial charge in [-0.1, -0.05) is 12.5 Å². The Morgan fingerprint density at radius 3 is 2.14 bits per heavy atom. The van der Waals surface area contributed by atoms with Gasteiger partial charge in [0.1, 0.15) is 29.6 Å². The van der Waals surface area contributed by atoms with Crippen molar-refractivity contribution in [3.05, 3.63) is 84.2 Å². The Morgan fingerprint density at radius 2 is 1.43 bits per heavy atom. The minimum absolute atomic E-state index is 0.168. The number of benzene rings is 4. The largest absolute Gasteiger partial charge is 0.497 e. The van der Waals surface area contributed by atoms with Gasteiger partial charge in [0.15, 0.2) is 17.5 Å². The minimum Gasteiger partial charge on any atom is -0.497 e. The van der Waals surface area contributed by atoms with E-state index in [0.717, 1.165) is 42.9 Å². The second-order valence-corrected chi connectivity index (χ2v) is 9.11. The van der Waals surface area contributed by atoms with Gasteiger partial charge in [0.05, 0.1) is 7.11 Å². The fourth-order valence-corrected chi connectivity index (χ4v) is 4.65. The molecule has 4 aromatic carbocycles. The molecule has 0 aromatic heterocycles. The Kier molecular flexibility index (Phi) is 7.51. The molecule has 1 fully saturated rings. The highest BCUT2D eigenvalue weighted by Gasteiger charge is 2.18. The van der Waals surface area contributed by atoms with E-state index in [-0.39, 0.29) is 5.56 Å². The molecule has 1 aliphatic heterocycles. The van der Waals surface area contributed by atoms with Crippen molar-refractivity contribution in [3.8, 4) is 34.1 Å². The first kappa shape index (κ1) is 25.0. The molecule has 7 heteroatoms. The number of rotatable bonds is 8. The third-order valence-corrected chi connectivity index (χ3v) is 6.64. The molecule has 1 saturated heterocycles. The molecule has 4 aromatic rings. The third-order valence-electron chi connectivity index (χ3n) is 6.64. The standard InChI is InChI=1S/C30H28F3NO3/c1-35-24-10-12-25-20(17-24)5-11-26(21-18-27(31)29(33)28(32)19-21)30(25)37-23-8-6-22(7-9-23)36-16-15-34-13-3-2-4-14-34/h5-12,17-19H,2-4,13-16H2,1H3. The maximum Gasteiger partial charge on any atom is 0.194 e. The molecule has 5 rings (SSSR count). The molecule has 0 unspecified atom stereocenters. The van der Waals surface area contributed by atoms with E-state index in [1.54, 1.807) is 37.4 Å². The van der Waals surface area contributed by atoms with Gasteiger partial charge in [0.25, 0.3) is 0 Å². The Balaban J connectivity index is 1.42. The summed E-state index contributed by atoms with van der Waals surface area (Å²) in [4.78, 5) is 2.42. The lowest BCUT2D eigenvalue weighted by Crippen LogP contribution is -2.33. The molecular weight excluding hydrogens is 479 g/mol. The molecular formula is C30H28F3NO3. The average molecular weight is 508 g/mol. The lowest BCUT2D eigenvalue weighted by molar-refractivity contribution is 0.183. The van der Waals surface area contributed by atoms with Crippen LogP contribution in [0.5, 0.6) is 23.0 Å². The van der Waals surface area contributed by atoms with Crippen LogP contribution in [-0.2, 0) is 0 Å². The van der Waals surface area contributed by atoms with Crippen molar-refractivity contribution in [1.29, 1.82) is 0 Å². The second kappa shape index (κ2) is 11.1. The summed E-state index contributed by atoms with van der Waals surface area (Å²) in [6.07, 6.45) is 3.79. The van der Waals surface area contributed by atoms with Crippen molar-refractivity contribution < 1.29 is 27.4 Å². The highest BCUT2D eigenvalue weighted by atomic mass is 19.2. The Morgan fingerprint density at radius 1 is 0.757 bits per heavy atom. The first-order chi connectivity index (χ1) is 18.0. The fraction of sp³-hybridized carbons (Fsp3) is 0.267. The topological polar surface area (TPSA) is 30.9 Å². The quantitative estimate of drug-likeness (QED) is 0.230. The molecule has 0 atom stereocenters. The molecule has 0 spiro atoms. The van der Waals surface area contributed by atoms with Crippen LogP contribution in [0.15, 0.2) is 66.7 Å². The monoisotopic (exact) mass is 507 g/mol. The number of piperidine rings is 1. The van der Waals surface area contributed by atoms with E-state index in [9.17, 15) is 13.2 Å². The van der Waals surface area contributed by atoms with E-state index in [0.29, 0.717) is 34.8 Å². The molecule has 0 saturated carbocycles. The number of methoxy groups -OCH3 is 1. The number of ether oxygens (including phenoxy) is 3. The highest BCUT2D eigenvalue weighted by molar-refractivity contribution is 5.96. The number of nitrogens with zero attached hydrogens (tertiary/aromatic N) is 1. The summed E-state index contributed by atoms with van der Waals surface area (Å²) in [6, 6.07) is 18.1. The van der Waals surface area contributed by atoms with Crippen LogP contribution >= 0.6 is 0 Å². The second-order valence-electron chi connectivity index (χ2n) is 9.11. The van der Waals surface area contributed by atoms with Gasteiger partial charge < -0.3 is 14.2 Å². The molecule has 1 heterocycles. The number of hydrogen-bond acceptors (Lipinski definition) is 4. The van der Waals surface area contributed by atoms with Gasteiger partial charge in [0, 0.05) is 17.5 Å². The van der Waals surface area contributed by atoms with Gasteiger partial charge in [-0.3, -0.25) is 4.90 Å². The Bertz CT molecular complexity index is 1360. The van der Waals surface area contributed by atoms with Crippen molar-refractivity contribution in [2.45, 2.75) is 19.3 Å². The van der Waals surface area contributed by atoms with Gasteiger partial charge in [-0.15, -0.1) is 0 Å². The number of hydrogen-bond donors (Lipinski definition) is 0. The number of halogens is 3. The Hall–Kier alpha value is -3.71. The van der Waals surface area contributed by atoms with E-state index in [2.05, 4.69) is 4.90 Å². The van der Waals surface area contributed by atoms with Crippen LogP contribution in [-0.4, -0.2) is 38.3 Å². The molecule has 0 aliphatic carbocycles. The zero-order chi connectivity index (χ0) is 25.8. The third kappa shape index (κ3) is 5.67. The van der Waals surface area contributed by atoms with Gasteiger partial charge in [-0.2, -0.15) is 0 Å². The zero-order valence-electron chi connectivity index (χ0n) is 20.6. The number of likely N-dealkylation sites (tertiary alicyclic amines) is 1. The molecule has 192 valence electrons. The number of fused-ring (bicyclic) bond motifs is 1. The zero-order valence-corrected chi connectivity index (χ0v) is 20.6. The summed E-state index contributed by atoms with van der Waals surface area (Å²) in [7, 11) is 1.58. The average Bonchev–Trinajstić information content (AvgIpc) is 2.93. The van der Waals surface area contributed by atoms with Gasteiger partial charge in [0.2, 0.25) is 0 Å². The predicted molar refractivity (Wildman–Crippen MR) is 138 cm³/mol. The molecule has 1 aliphatic rings. The minimum atomic E-state index is -1.51. The van der Waals surface area contributed by atoms with Gasteiger partial charge in [-0.25, -0.2) is 13.2 Å². The molecule has 0 amide bonds. The summed E-state index contributed by atoms with van der Waals surface area (Å²) in [5, 5.41) is 1.53. The van der Waals surface area contributed by atoms with Crippen LogP contribution in [0.25, 0.3) is 21.9 Å². The summed E-state index contributed by atoms with van der Waals surface area (Å²) < 4.78 is 59.3. The highest BCUT2D eigenvalue weighted by Crippen LogP contribution is 2.41. The lowest BCUT2D eigenvalue weighted by atomic mass is 9.99. The molecule has 37 heavy (non-hydrogen) atoms. The first-order valence-electron chi connectivity index (χ1n) is 12.4. The van der Waals surface area contributed by atoms with E-state index >= 15 is 0 Å².